The normalized spacial score (nSPS) is 24.6. The van der Waals surface area contributed by atoms with Crippen molar-refractivity contribution >= 4 is 0 Å². The summed E-state index contributed by atoms with van der Waals surface area (Å²) in [6.07, 6.45) is 5.39. The monoisotopic (exact) mass is 223 g/mol. The Kier molecular flexibility index (Phi) is 3.61. The number of hydrogen-bond acceptors (Lipinski definition) is 4. The molecule has 2 atom stereocenters. The Morgan fingerprint density at radius 2 is 2.44 bits per heavy atom. The van der Waals surface area contributed by atoms with E-state index < -0.39 is 0 Å². The first kappa shape index (κ1) is 11.6. The molecule has 1 aliphatic rings. The van der Waals surface area contributed by atoms with Crippen molar-refractivity contribution in [2.45, 2.75) is 45.2 Å². The molecule has 4 heteroatoms. The van der Waals surface area contributed by atoms with Crippen LogP contribution in [0.25, 0.3) is 0 Å². The predicted octanol–water partition coefficient (Wildman–Crippen LogP) is 2.24. The van der Waals surface area contributed by atoms with E-state index in [0.717, 1.165) is 31.1 Å². The maximum absolute atomic E-state index is 5.79. The summed E-state index contributed by atoms with van der Waals surface area (Å²) in [7, 11) is 0. The highest BCUT2D eigenvalue weighted by Crippen LogP contribution is 2.30. The van der Waals surface area contributed by atoms with Crippen LogP contribution in [0.5, 0.6) is 0 Å². The van der Waals surface area contributed by atoms with E-state index >= 15 is 0 Å². The van der Waals surface area contributed by atoms with Gasteiger partial charge in [-0.15, -0.1) is 0 Å². The number of nitrogens with zero attached hydrogens (tertiary/aromatic N) is 2. The minimum absolute atomic E-state index is 0.0452. The quantitative estimate of drug-likeness (QED) is 0.853. The van der Waals surface area contributed by atoms with E-state index in [1.807, 2.05) is 6.92 Å². The molecule has 1 aromatic heterocycles. The Hall–Kier alpha value is -0.870. The van der Waals surface area contributed by atoms with Crippen LogP contribution in [-0.2, 0) is 0 Å². The molecule has 0 aliphatic carbocycles. The smallest absolute Gasteiger partial charge is 0.211 e. The lowest BCUT2D eigenvalue weighted by Crippen LogP contribution is -2.33. The highest BCUT2D eigenvalue weighted by molar-refractivity contribution is 5.04. The molecule has 0 spiro atoms. The molecule has 0 bridgehead atoms. The molecule has 1 aliphatic heterocycles. The molecule has 0 amide bonds. The van der Waals surface area contributed by atoms with Crippen LogP contribution in [0.2, 0.25) is 0 Å². The van der Waals surface area contributed by atoms with Crippen molar-refractivity contribution in [1.29, 1.82) is 0 Å². The van der Waals surface area contributed by atoms with Gasteiger partial charge in [-0.2, -0.15) is 0 Å². The van der Waals surface area contributed by atoms with Crippen LogP contribution in [0.3, 0.4) is 0 Å². The topological polar surface area (TPSA) is 55.3 Å². The summed E-state index contributed by atoms with van der Waals surface area (Å²) >= 11 is 0. The fraction of sp³-hybridized carbons (Fsp3) is 0.750. The predicted molar refractivity (Wildman–Crippen MR) is 62.9 cm³/mol. The molecule has 2 heterocycles. The fourth-order valence-electron chi connectivity index (χ4n) is 2.31. The number of oxazole rings is 1. The van der Waals surface area contributed by atoms with E-state index in [1.54, 1.807) is 6.26 Å². The number of hydrogen-bond donors (Lipinski definition) is 1. The Morgan fingerprint density at radius 1 is 1.62 bits per heavy atom. The maximum Gasteiger partial charge on any atom is 0.211 e. The third-order valence-corrected chi connectivity index (χ3v) is 3.31. The lowest BCUT2D eigenvalue weighted by atomic mass is 10.0. The molecule has 0 saturated carbocycles. The van der Waals surface area contributed by atoms with Gasteiger partial charge in [-0.25, -0.2) is 4.98 Å². The molecule has 90 valence electrons. The van der Waals surface area contributed by atoms with E-state index in [2.05, 4.69) is 16.8 Å². The lowest BCUT2D eigenvalue weighted by molar-refractivity contribution is 0.133. The summed E-state index contributed by atoms with van der Waals surface area (Å²) < 4.78 is 5.56. The van der Waals surface area contributed by atoms with Crippen molar-refractivity contribution in [2.24, 2.45) is 5.73 Å². The van der Waals surface area contributed by atoms with Crippen LogP contribution in [-0.4, -0.2) is 23.0 Å². The summed E-state index contributed by atoms with van der Waals surface area (Å²) in [5.74, 6) is 0.842. The molecule has 2 rings (SSSR count). The van der Waals surface area contributed by atoms with Gasteiger partial charge >= 0.3 is 0 Å². The van der Waals surface area contributed by atoms with Gasteiger partial charge in [0.05, 0.1) is 11.7 Å². The van der Waals surface area contributed by atoms with Crippen molar-refractivity contribution in [3.8, 4) is 0 Å². The van der Waals surface area contributed by atoms with Crippen molar-refractivity contribution in [2.75, 3.05) is 13.1 Å². The van der Waals surface area contributed by atoms with Gasteiger partial charge in [0, 0.05) is 6.04 Å². The van der Waals surface area contributed by atoms with E-state index in [-0.39, 0.29) is 6.04 Å². The Morgan fingerprint density at radius 3 is 3.06 bits per heavy atom. The van der Waals surface area contributed by atoms with Gasteiger partial charge in [0.25, 0.3) is 0 Å². The zero-order valence-electron chi connectivity index (χ0n) is 10.1. The van der Waals surface area contributed by atoms with E-state index in [9.17, 15) is 0 Å². The molecule has 16 heavy (non-hydrogen) atoms. The van der Waals surface area contributed by atoms with Gasteiger partial charge in [-0.05, 0) is 32.9 Å². The van der Waals surface area contributed by atoms with Gasteiger partial charge in [-0.3, -0.25) is 4.90 Å². The average molecular weight is 223 g/mol. The van der Waals surface area contributed by atoms with E-state index in [1.165, 1.54) is 12.8 Å². The van der Waals surface area contributed by atoms with Crippen LogP contribution in [0.4, 0.5) is 0 Å². The molecule has 4 nitrogen and oxygen atoms in total. The van der Waals surface area contributed by atoms with Crippen molar-refractivity contribution in [1.82, 2.24) is 9.88 Å². The van der Waals surface area contributed by atoms with Crippen LogP contribution >= 0.6 is 0 Å². The molecular weight excluding hydrogens is 202 g/mol. The number of likely N-dealkylation sites (tertiary alicyclic amines) is 1. The van der Waals surface area contributed by atoms with Gasteiger partial charge in [0.2, 0.25) is 5.89 Å². The third kappa shape index (κ3) is 2.28. The van der Waals surface area contributed by atoms with Crippen LogP contribution in [0.1, 0.15) is 56.8 Å². The molecule has 2 unspecified atom stereocenters. The fourth-order valence-corrected chi connectivity index (χ4v) is 2.31. The standard InChI is InChI=1S/C12H21N3O/c1-3-15-7-5-4-6-11(15)12-14-10(8-16-12)9(2)13/h8-9,11H,3-7,13H2,1-2H3. The summed E-state index contributed by atoms with van der Waals surface area (Å²) in [6.45, 7) is 6.32. The summed E-state index contributed by atoms with van der Waals surface area (Å²) in [4.78, 5) is 6.93. The highest BCUT2D eigenvalue weighted by Gasteiger charge is 2.26. The van der Waals surface area contributed by atoms with Crippen LogP contribution in [0.15, 0.2) is 10.7 Å². The van der Waals surface area contributed by atoms with Crippen molar-refractivity contribution < 1.29 is 4.42 Å². The zero-order chi connectivity index (χ0) is 11.5. The van der Waals surface area contributed by atoms with Crippen LogP contribution < -0.4 is 5.73 Å². The second-order valence-corrected chi connectivity index (χ2v) is 4.54. The largest absolute Gasteiger partial charge is 0.447 e. The number of aromatic nitrogens is 1. The first-order valence-corrected chi connectivity index (χ1v) is 6.17. The van der Waals surface area contributed by atoms with Gasteiger partial charge < -0.3 is 10.2 Å². The van der Waals surface area contributed by atoms with Crippen LogP contribution in [0, 0.1) is 0 Å². The SMILES string of the molecule is CCN1CCCCC1c1nc(C(C)N)co1. The minimum Gasteiger partial charge on any atom is -0.447 e. The molecular formula is C12H21N3O. The van der Waals surface area contributed by atoms with Gasteiger partial charge in [0.15, 0.2) is 0 Å². The van der Waals surface area contributed by atoms with Crippen molar-refractivity contribution in [3.63, 3.8) is 0 Å². The second-order valence-electron chi connectivity index (χ2n) is 4.54. The molecule has 1 aromatic rings. The molecule has 2 N–H and O–H groups in total. The zero-order valence-corrected chi connectivity index (χ0v) is 10.1. The van der Waals surface area contributed by atoms with Crippen molar-refractivity contribution in [3.05, 3.63) is 17.8 Å². The number of rotatable bonds is 3. The molecule has 1 saturated heterocycles. The first-order chi connectivity index (χ1) is 7.72. The Balaban J connectivity index is 2.14. The Labute approximate surface area is 96.8 Å². The average Bonchev–Trinajstić information content (AvgIpc) is 2.78. The summed E-state index contributed by atoms with van der Waals surface area (Å²) in [5, 5.41) is 0. The van der Waals surface area contributed by atoms with Gasteiger partial charge in [0.1, 0.15) is 6.26 Å². The molecule has 0 aromatic carbocycles. The molecule has 1 fully saturated rings. The summed E-state index contributed by atoms with van der Waals surface area (Å²) in [6, 6.07) is 0.308. The van der Waals surface area contributed by atoms with Gasteiger partial charge in [-0.1, -0.05) is 13.3 Å². The molecule has 0 radical (unpaired) electrons. The van der Waals surface area contributed by atoms with E-state index in [4.69, 9.17) is 10.2 Å². The number of nitrogens with two attached hydrogens (primary N) is 1. The minimum atomic E-state index is -0.0452. The summed E-state index contributed by atoms with van der Waals surface area (Å²) in [5.41, 5.74) is 6.65. The maximum atomic E-state index is 5.79. The second kappa shape index (κ2) is 4.97. The third-order valence-electron chi connectivity index (χ3n) is 3.31. The first-order valence-electron chi connectivity index (χ1n) is 6.17. The highest BCUT2D eigenvalue weighted by atomic mass is 16.3. The number of piperidine rings is 1. The lowest BCUT2D eigenvalue weighted by Gasteiger charge is -2.32. The van der Waals surface area contributed by atoms with E-state index in [0.29, 0.717) is 6.04 Å². The Bertz CT molecular complexity index is 335.